The molecule has 0 atom stereocenters. The molecule has 1 aromatic carbocycles. The quantitative estimate of drug-likeness (QED) is 0.360. The SMILES string of the molecule is CC.CC(C)C.Fc1ccccc1.OP(O)(O)=S.OP(O)(O)=S. The first-order valence-corrected chi connectivity index (χ1v) is 11.7. The van der Waals surface area contributed by atoms with E-state index in [2.05, 4.69) is 44.4 Å². The highest BCUT2D eigenvalue weighted by atomic mass is 32.5. The molecule has 0 amide bonds. The van der Waals surface area contributed by atoms with Crippen molar-refractivity contribution in [1.29, 1.82) is 0 Å². The second-order valence-electron chi connectivity index (χ2n) is 4.05. The van der Waals surface area contributed by atoms with E-state index in [0.29, 0.717) is 0 Å². The summed E-state index contributed by atoms with van der Waals surface area (Å²) in [5.41, 5.74) is 0. The van der Waals surface area contributed by atoms with E-state index < -0.39 is 13.4 Å². The molecule has 140 valence electrons. The van der Waals surface area contributed by atoms with Crippen molar-refractivity contribution in [3.05, 3.63) is 36.1 Å². The van der Waals surface area contributed by atoms with Gasteiger partial charge in [0.25, 0.3) is 0 Å². The molecule has 0 saturated carbocycles. The Bertz CT molecular complexity index is 397. The Morgan fingerprint density at radius 2 is 0.957 bits per heavy atom. The molecule has 0 aliphatic rings. The van der Waals surface area contributed by atoms with E-state index >= 15 is 0 Å². The van der Waals surface area contributed by atoms with Gasteiger partial charge in [0.15, 0.2) is 0 Å². The van der Waals surface area contributed by atoms with Gasteiger partial charge in [-0.05, 0) is 41.7 Å². The van der Waals surface area contributed by atoms with Crippen LogP contribution in [0.15, 0.2) is 30.3 Å². The molecule has 0 unspecified atom stereocenters. The molecular formula is C12H27FO6P2S2. The molecule has 0 bridgehead atoms. The predicted molar refractivity (Wildman–Crippen MR) is 100 cm³/mol. The average molecular weight is 412 g/mol. The van der Waals surface area contributed by atoms with E-state index in [0.717, 1.165) is 5.92 Å². The van der Waals surface area contributed by atoms with E-state index in [1.165, 1.54) is 12.1 Å². The maximum atomic E-state index is 11.9. The Hall–Kier alpha value is 0.210. The van der Waals surface area contributed by atoms with Crippen molar-refractivity contribution >= 4 is 37.1 Å². The van der Waals surface area contributed by atoms with Crippen LogP contribution in [0.3, 0.4) is 0 Å². The summed E-state index contributed by atoms with van der Waals surface area (Å²) in [5.74, 6) is 0.655. The summed E-state index contributed by atoms with van der Waals surface area (Å²) in [6.45, 7) is 2.89. The van der Waals surface area contributed by atoms with Crippen LogP contribution in [0.4, 0.5) is 4.39 Å². The minimum absolute atomic E-state index is 0.178. The second kappa shape index (κ2) is 18.5. The monoisotopic (exact) mass is 412 g/mol. The molecule has 23 heavy (non-hydrogen) atoms. The van der Waals surface area contributed by atoms with Crippen molar-refractivity contribution in [2.75, 3.05) is 0 Å². The molecule has 6 N–H and O–H groups in total. The molecule has 0 spiro atoms. The van der Waals surface area contributed by atoms with E-state index in [-0.39, 0.29) is 5.82 Å². The Morgan fingerprint density at radius 3 is 1.04 bits per heavy atom. The maximum Gasteiger partial charge on any atom is 0.319 e. The van der Waals surface area contributed by atoms with Crippen molar-refractivity contribution in [2.24, 2.45) is 5.92 Å². The highest BCUT2D eigenvalue weighted by Gasteiger charge is 1.92. The van der Waals surface area contributed by atoms with Crippen molar-refractivity contribution in [3.8, 4) is 0 Å². The number of benzene rings is 1. The highest BCUT2D eigenvalue weighted by molar-refractivity contribution is 8.06. The van der Waals surface area contributed by atoms with Gasteiger partial charge in [-0.25, -0.2) is 4.39 Å². The molecule has 0 heterocycles. The molecule has 1 rings (SSSR count). The van der Waals surface area contributed by atoms with Gasteiger partial charge in [0.1, 0.15) is 5.82 Å². The van der Waals surface area contributed by atoms with Gasteiger partial charge in [-0.3, -0.25) is 0 Å². The lowest BCUT2D eigenvalue weighted by atomic mass is 10.3. The topological polar surface area (TPSA) is 121 Å². The van der Waals surface area contributed by atoms with Crippen LogP contribution >= 0.6 is 13.4 Å². The van der Waals surface area contributed by atoms with Crippen LogP contribution in [0.1, 0.15) is 34.6 Å². The number of hydrogen-bond acceptors (Lipinski definition) is 2. The zero-order chi connectivity index (χ0) is 19.7. The van der Waals surface area contributed by atoms with Gasteiger partial charge in [-0.2, -0.15) is 0 Å². The van der Waals surface area contributed by atoms with E-state index in [9.17, 15) is 4.39 Å². The predicted octanol–water partition coefficient (Wildman–Crippen LogP) is 2.89. The van der Waals surface area contributed by atoms with Gasteiger partial charge in [0, 0.05) is 0 Å². The minimum Gasteiger partial charge on any atom is -0.325 e. The third kappa shape index (κ3) is 135. The summed E-state index contributed by atoms with van der Waals surface area (Å²) in [5, 5.41) is 0. The molecule has 0 aliphatic heterocycles. The van der Waals surface area contributed by atoms with Crippen LogP contribution < -0.4 is 0 Å². The Kier molecular flexibility index (Phi) is 25.0. The summed E-state index contributed by atoms with van der Waals surface area (Å²) in [6.07, 6.45) is 0. The van der Waals surface area contributed by atoms with Crippen molar-refractivity contribution in [1.82, 2.24) is 0 Å². The fourth-order valence-corrected chi connectivity index (χ4v) is 0.415. The summed E-state index contributed by atoms with van der Waals surface area (Å²) in [6, 6.07) is 7.94. The zero-order valence-corrected chi connectivity index (χ0v) is 17.2. The molecule has 6 nitrogen and oxygen atoms in total. The standard InChI is InChI=1S/C6H5F.C4H10.C2H6.2H3O3PS/c7-6-4-2-1-3-5-6;1-4(2)3;1-2;2*1-4(2,3)5/h1-5H;4H,1-3H3;1-2H3;2*(H3,1,2,3,5). The normalized spacial score (nSPS) is 9.61. The largest absolute Gasteiger partial charge is 0.325 e. The second-order valence-corrected chi connectivity index (χ2v) is 9.05. The lowest BCUT2D eigenvalue weighted by molar-refractivity contribution is 0.361. The fourth-order valence-electron chi connectivity index (χ4n) is 0.415. The first-order chi connectivity index (χ1) is 10.1. The summed E-state index contributed by atoms with van der Waals surface area (Å²) < 4.78 is 11.9. The van der Waals surface area contributed by atoms with Crippen molar-refractivity contribution in [2.45, 2.75) is 34.6 Å². The molecule has 0 saturated heterocycles. The average Bonchev–Trinajstić information content (AvgIpc) is 2.27. The van der Waals surface area contributed by atoms with Gasteiger partial charge < -0.3 is 29.4 Å². The lowest BCUT2D eigenvalue weighted by Crippen LogP contribution is -1.66. The maximum absolute atomic E-state index is 11.9. The Morgan fingerprint density at radius 1 is 0.783 bits per heavy atom. The van der Waals surface area contributed by atoms with Gasteiger partial charge in [-0.15, -0.1) is 0 Å². The molecule has 1 aromatic rings. The van der Waals surface area contributed by atoms with E-state index in [1.807, 2.05) is 13.8 Å². The molecule has 0 aliphatic carbocycles. The summed E-state index contributed by atoms with van der Waals surface area (Å²) in [4.78, 5) is 45.3. The summed E-state index contributed by atoms with van der Waals surface area (Å²) in [7, 11) is 0. The van der Waals surface area contributed by atoms with Crippen molar-refractivity contribution < 1.29 is 33.8 Å². The molecule has 0 fully saturated rings. The minimum atomic E-state index is -3.81. The number of halogens is 1. The van der Waals surface area contributed by atoms with Crippen LogP contribution in [-0.4, -0.2) is 29.4 Å². The zero-order valence-electron chi connectivity index (χ0n) is 13.7. The number of hydrogen-bond donors (Lipinski definition) is 6. The van der Waals surface area contributed by atoms with Gasteiger partial charge in [-0.1, -0.05) is 52.8 Å². The highest BCUT2D eigenvalue weighted by Crippen LogP contribution is 2.26. The van der Waals surface area contributed by atoms with E-state index in [1.54, 1.807) is 18.2 Å². The van der Waals surface area contributed by atoms with Crippen LogP contribution in [0.5, 0.6) is 0 Å². The van der Waals surface area contributed by atoms with Crippen LogP contribution in [0.25, 0.3) is 0 Å². The van der Waals surface area contributed by atoms with Crippen LogP contribution in [0.2, 0.25) is 0 Å². The lowest BCUT2D eigenvalue weighted by Gasteiger charge is -1.88. The van der Waals surface area contributed by atoms with Crippen LogP contribution in [-0.2, 0) is 23.6 Å². The van der Waals surface area contributed by atoms with Gasteiger partial charge in [0.2, 0.25) is 0 Å². The first kappa shape index (κ1) is 31.0. The molecule has 11 heteroatoms. The molecular weight excluding hydrogens is 385 g/mol. The third-order valence-electron chi connectivity index (χ3n) is 0.733. The summed E-state index contributed by atoms with van der Waals surface area (Å²) >= 11 is 7.21. The molecule has 0 aromatic heterocycles. The fraction of sp³-hybridized carbons (Fsp3) is 0.500. The number of rotatable bonds is 0. The Labute approximate surface area is 147 Å². The van der Waals surface area contributed by atoms with Gasteiger partial charge in [0.05, 0.1) is 0 Å². The first-order valence-electron chi connectivity index (χ1n) is 6.40. The Balaban J connectivity index is -0.000000103. The van der Waals surface area contributed by atoms with E-state index in [4.69, 9.17) is 29.4 Å². The smallest absolute Gasteiger partial charge is 0.319 e. The van der Waals surface area contributed by atoms with Gasteiger partial charge >= 0.3 is 13.4 Å². The third-order valence-corrected chi connectivity index (χ3v) is 0.733. The molecule has 0 radical (unpaired) electrons. The van der Waals surface area contributed by atoms with Crippen LogP contribution in [0, 0.1) is 11.7 Å². The van der Waals surface area contributed by atoms with Crippen molar-refractivity contribution in [3.63, 3.8) is 0 Å².